The van der Waals surface area contributed by atoms with Crippen LogP contribution in [0.4, 0.5) is 0 Å². The van der Waals surface area contributed by atoms with E-state index in [1.807, 2.05) is 17.7 Å². The number of aryl methyl sites for hydroxylation is 1. The third kappa shape index (κ3) is 2.80. The Morgan fingerprint density at radius 3 is 2.70 bits per heavy atom. The molecule has 0 bridgehead atoms. The van der Waals surface area contributed by atoms with E-state index in [1.54, 1.807) is 31.3 Å². The molecule has 1 aromatic heterocycles. The maximum atomic E-state index is 11.8. The van der Waals surface area contributed by atoms with Crippen molar-refractivity contribution < 1.29 is 14.3 Å². The van der Waals surface area contributed by atoms with Crippen LogP contribution in [0.3, 0.4) is 0 Å². The van der Waals surface area contributed by atoms with Gasteiger partial charge in [-0.25, -0.2) is 9.78 Å². The molecule has 0 unspecified atom stereocenters. The Morgan fingerprint density at radius 1 is 1.40 bits per heavy atom. The highest BCUT2D eigenvalue weighted by Crippen LogP contribution is 2.23. The maximum absolute atomic E-state index is 11.8. The van der Waals surface area contributed by atoms with Crippen LogP contribution in [0.2, 0.25) is 0 Å². The van der Waals surface area contributed by atoms with Crippen molar-refractivity contribution in [1.82, 2.24) is 9.55 Å². The van der Waals surface area contributed by atoms with E-state index in [2.05, 4.69) is 20.9 Å². The molecule has 2 rings (SSSR count). The van der Waals surface area contributed by atoms with Gasteiger partial charge in [0.25, 0.3) is 5.78 Å². The van der Waals surface area contributed by atoms with Gasteiger partial charge in [-0.1, -0.05) is 0 Å². The number of aromatic nitrogens is 2. The van der Waals surface area contributed by atoms with Gasteiger partial charge in [0.2, 0.25) is 0 Å². The molecule has 20 heavy (non-hydrogen) atoms. The summed E-state index contributed by atoms with van der Waals surface area (Å²) in [5, 5.41) is 0. The molecule has 6 heteroatoms. The van der Waals surface area contributed by atoms with Gasteiger partial charge in [-0.2, -0.15) is 0 Å². The largest absolute Gasteiger partial charge is 0.460 e. The van der Waals surface area contributed by atoms with Crippen LogP contribution in [0.25, 0.3) is 5.69 Å². The zero-order valence-electron chi connectivity index (χ0n) is 11.1. The molecule has 0 spiro atoms. The number of rotatable bonds is 4. The number of hydrogen-bond donors (Lipinski definition) is 0. The van der Waals surface area contributed by atoms with Crippen LogP contribution >= 0.6 is 15.9 Å². The fourth-order valence-electron chi connectivity index (χ4n) is 1.79. The second-order valence-electron chi connectivity index (χ2n) is 4.06. The van der Waals surface area contributed by atoms with E-state index in [1.165, 1.54) is 0 Å². The van der Waals surface area contributed by atoms with Crippen LogP contribution in [-0.2, 0) is 9.53 Å². The first-order valence-electron chi connectivity index (χ1n) is 6.06. The lowest BCUT2D eigenvalue weighted by Gasteiger charge is -2.09. The van der Waals surface area contributed by atoms with Crippen molar-refractivity contribution in [2.75, 3.05) is 6.61 Å². The number of imidazole rings is 1. The van der Waals surface area contributed by atoms with Gasteiger partial charge in [0, 0.05) is 22.4 Å². The van der Waals surface area contributed by atoms with Gasteiger partial charge in [0.05, 0.1) is 12.3 Å². The standard InChI is InChI=1S/C14H13BrN2O3/c1-3-20-14(19)13(18)10-4-5-12(11(15)8-10)17-7-6-16-9(17)2/h4-8H,3H2,1-2H3. The quantitative estimate of drug-likeness (QED) is 0.489. The van der Waals surface area contributed by atoms with Crippen molar-refractivity contribution in [3.05, 3.63) is 46.5 Å². The number of ketones is 1. The van der Waals surface area contributed by atoms with Crippen molar-refractivity contribution in [3.8, 4) is 5.69 Å². The first-order valence-corrected chi connectivity index (χ1v) is 6.85. The number of carbonyl (C=O) groups is 2. The zero-order valence-corrected chi connectivity index (χ0v) is 12.7. The van der Waals surface area contributed by atoms with Gasteiger partial charge in [-0.05, 0) is 48.0 Å². The van der Waals surface area contributed by atoms with Crippen LogP contribution in [0.5, 0.6) is 0 Å². The Morgan fingerprint density at radius 2 is 2.15 bits per heavy atom. The Bertz CT molecular complexity index is 664. The Kier molecular flexibility index (Phi) is 4.34. The van der Waals surface area contributed by atoms with E-state index in [4.69, 9.17) is 4.74 Å². The number of hydrogen-bond acceptors (Lipinski definition) is 4. The number of benzene rings is 1. The third-order valence-corrected chi connectivity index (χ3v) is 3.39. The van der Waals surface area contributed by atoms with Crippen molar-refractivity contribution in [3.63, 3.8) is 0 Å². The summed E-state index contributed by atoms with van der Waals surface area (Å²) in [6.45, 7) is 3.72. The summed E-state index contributed by atoms with van der Waals surface area (Å²) in [5.41, 5.74) is 1.14. The van der Waals surface area contributed by atoms with Gasteiger partial charge in [-0.3, -0.25) is 4.79 Å². The van der Waals surface area contributed by atoms with E-state index < -0.39 is 11.8 Å². The minimum absolute atomic E-state index is 0.179. The number of ether oxygens (including phenoxy) is 1. The molecule has 0 aliphatic heterocycles. The Hall–Kier alpha value is -1.95. The highest BCUT2D eigenvalue weighted by atomic mass is 79.9. The van der Waals surface area contributed by atoms with Crippen LogP contribution in [-0.4, -0.2) is 27.9 Å². The fraction of sp³-hybridized carbons (Fsp3) is 0.214. The Balaban J connectivity index is 2.33. The van der Waals surface area contributed by atoms with Gasteiger partial charge in [0.15, 0.2) is 0 Å². The second kappa shape index (κ2) is 6.00. The second-order valence-corrected chi connectivity index (χ2v) is 4.91. The lowest BCUT2D eigenvalue weighted by molar-refractivity contribution is -0.137. The summed E-state index contributed by atoms with van der Waals surface area (Å²) in [6.07, 6.45) is 3.52. The summed E-state index contributed by atoms with van der Waals surface area (Å²) in [5.74, 6) is -0.664. The highest BCUT2D eigenvalue weighted by molar-refractivity contribution is 9.10. The van der Waals surface area contributed by atoms with E-state index in [0.29, 0.717) is 4.47 Å². The summed E-state index contributed by atoms with van der Waals surface area (Å²) in [4.78, 5) is 27.4. The predicted octanol–water partition coefficient (Wildman–Crippen LogP) is 2.69. The predicted molar refractivity (Wildman–Crippen MR) is 77.0 cm³/mol. The normalized spacial score (nSPS) is 10.3. The molecule has 104 valence electrons. The summed E-state index contributed by atoms with van der Waals surface area (Å²) in [7, 11) is 0. The molecule has 0 aliphatic rings. The van der Waals surface area contributed by atoms with Gasteiger partial charge in [-0.15, -0.1) is 0 Å². The number of halogens is 1. The summed E-state index contributed by atoms with van der Waals surface area (Å²) >= 11 is 3.41. The number of esters is 1. The molecular weight excluding hydrogens is 324 g/mol. The summed E-state index contributed by atoms with van der Waals surface area (Å²) in [6, 6.07) is 4.96. The van der Waals surface area contributed by atoms with E-state index in [9.17, 15) is 9.59 Å². The lowest BCUT2D eigenvalue weighted by atomic mass is 10.1. The monoisotopic (exact) mass is 336 g/mol. The van der Waals surface area contributed by atoms with E-state index in [-0.39, 0.29) is 12.2 Å². The average molecular weight is 337 g/mol. The molecule has 0 atom stereocenters. The van der Waals surface area contributed by atoms with Gasteiger partial charge in [0.1, 0.15) is 5.82 Å². The average Bonchev–Trinajstić information content (AvgIpc) is 2.84. The number of nitrogens with zero attached hydrogens (tertiary/aromatic N) is 2. The molecular formula is C14H13BrN2O3. The topological polar surface area (TPSA) is 61.2 Å². The molecule has 2 aromatic rings. The molecule has 0 saturated heterocycles. The maximum Gasteiger partial charge on any atom is 0.379 e. The fourth-order valence-corrected chi connectivity index (χ4v) is 2.36. The molecule has 0 fully saturated rings. The first kappa shape index (κ1) is 14.5. The van der Waals surface area contributed by atoms with Gasteiger partial charge >= 0.3 is 5.97 Å². The zero-order chi connectivity index (χ0) is 14.7. The molecule has 0 saturated carbocycles. The van der Waals surface area contributed by atoms with Crippen LogP contribution in [0, 0.1) is 6.92 Å². The minimum atomic E-state index is -0.842. The van der Waals surface area contributed by atoms with E-state index in [0.717, 1.165) is 11.5 Å². The number of Topliss-reactive ketones (excluding diaryl/α,β-unsaturated/α-hetero) is 1. The molecule has 0 amide bonds. The van der Waals surface area contributed by atoms with Crippen LogP contribution in [0.1, 0.15) is 23.1 Å². The van der Waals surface area contributed by atoms with Crippen molar-refractivity contribution in [2.24, 2.45) is 0 Å². The van der Waals surface area contributed by atoms with Crippen molar-refractivity contribution >= 4 is 27.7 Å². The SMILES string of the molecule is CCOC(=O)C(=O)c1ccc(-n2ccnc2C)c(Br)c1. The molecule has 0 aliphatic carbocycles. The van der Waals surface area contributed by atoms with Crippen LogP contribution < -0.4 is 0 Å². The lowest BCUT2D eigenvalue weighted by Crippen LogP contribution is -2.17. The minimum Gasteiger partial charge on any atom is -0.460 e. The van der Waals surface area contributed by atoms with Crippen LogP contribution in [0.15, 0.2) is 35.1 Å². The number of carbonyl (C=O) groups excluding carboxylic acids is 2. The molecule has 1 aromatic carbocycles. The smallest absolute Gasteiger partial charge is 0.379 e. The van der Waals surface area contributed by atoms with Crippen molar-refractivity contribution in [1.29, 1.82) is 0 Å². The molecule has 5 nitrogen and oxygen atoms in total. The van der Waals surface area contributed by atoms with Crippen molar-refractivity contribution in [2.45, 2.75) is 13.8 Å². The molecule has 0 N–H and O–H groups in total. The Labute approximate surface area is 124 Å². The first-order chi connectivity index (χ1) is 9.54. The van der Waals surface area contributed by atoms with E-state index >= 15 is 0 Å². The third-order valence-electron chi connectivity index (χ3n) is 2.76. The highest BCUT2D eigenvalue weighted by Gasteiger charge is 2.18. The van der Waals surface area contributed by atoms with Gasteiger partial charge < -0.3 is 9.30 Å². The summed E-state index contributed by atoms with van der Waals surface area (Å²) < 4.78 is 7.28. The molecule has 1 heterocycles. The molecule has 0 radical (unpaired) electrons.